The minimum absolute atomic E-state index is 0.154. The van der Waals surface area contributed by atoms with Crippen LogP contribution in [0.4, 0.5) is 10.1 Å². The van der Waals surface area contributed by atoms with Crippen LogP contribution in [0.15, 0.2) is 71.7 Å². The molecule has 28 heavy (non-hydrogen) atoms. The van der Waals surface area contributed by atoms with Crippen LogP contribution >= 0.6 is 0 Å². The van der Waals surface area contributed by atoms with E-state index in [1.165, 1.54) is 29.1 Å². The van der Waals surface area contributed by atoms with E-state index >= 15 is 0 Å². The number of hydrogen-bond donors (Lipinski definition) is 1. The summed E-state index contributed by atoms with van der Waals surface area (Å²) in [6.07, 6.45) is 1.50. The molecule has 0 saturated carbocycles. The molecule has 0 aliphatic carbocycles. The van der Waals surface area contributed by atoms with Gasteiger partial charge in [0.15, 0.2) is 5.69 Å². The van der Waals surface area contributed by atoms with Gasteiger partial charge in [0.25, 0.3) is 5.91 Å². The molecule has 0 radical (unpaired) electrons. The van der Waals surface area contributed by atoms with Gasteiger partial charge in [-0.05, 0) is 31.2 Å². The SMILES string of the molecule is Cc1cc(=O)c(C(=O)Nc2cnc3ccccc3c2)nn1-c1ccccc1F. The second-order valence-electron chi connectivity index (χ2n) is 6.23. The highest BCUT2D eigenvalue weighted by molar-refractivity contribution is 6.03. The number of rotatable bonds is 3. The number of fused-ring (bicyclic) bond motifs is 1. The number of pyridine rings is 1. The topological polar surface area (TPSA) is 76.9 Å². The molecular weight excluding hydrogens is 359 g/mol. The minimum atomic E-state index is -0.688. The van der Waals surface area contributed by atoms with E-state index in [0.717, 1.165) is 10.9 Å². The van der Waals surface area contributed by atoms with E-state index in [2.05, 4.69) is 15.4 Å². The maximum Gasteiger partial charge on any atom is 0.280 e. The first-order valence-corrected chi connectivity index (χ1v) is 8.55. The van der Waals surface area contributed by atoms with Crippen molar-refractivity contribution in [2.75, 3.05) is 5.32 Å². The van der Waals surface area contributed by atoms with Crippen LogP contribution in [0.3, 0.4) is 0 Å². The van der Waals surface area contributed by atoms with Gasteiger partial charge in [-0.25, -0.2) is 9.07 Å². The number of carbonyl (C=O) groups excluding carboxylic acids is 1. The Bertz CT molecular complexity index is 1270. The molecule has 1 N–H and O–H groups in total. The fourth-order valence-corrected chi connectivity index (χ4v) is 2.90. The maximum atomic E-state index is 14.1. The summed E-state index contributed by atoms with van der Waals surface area (Å²) in [5.74, 6) is -1.20. The van der Waals surface area contributed by atoms with E-state index < -0.39 is 17.2 Å². The first-order chi connectivity index (χ1) is 13.5. The van der Waals surface area contributed by atoms with E-state index in [9.17, 15) is 14.0 Å². The Kier molecular flexibility index (Phi) is 4.41. The number of para-hydroxylation sites is 2. The largest absolute Gasteiger partial charge is 0.319 e. The molecule has 0 atom stereocenters. The molecule has 2 heterocycles. The quantitative estimate of drug-likeness (QED) is 0.596. The summed E-state index contributed by atoms with van der Waals surface area (Å²) in [6, 6.07) is 16.5. The molecular formula is C21H15FN4O2. The zero-order valence-corrected chi connectivity index (χ0v) is 14.9. The normalized spacial score (nSPS) is 10.8. The Morgan fingerprint density at radius 2 is 1.82 bits per heavy atom. The Morgan fingerprint density at radius 3 is 2.64 bits per heavy atom. The van der Waals surface area contributed by atoms with Crippen molar-refractivity contribution in [1.29, 1.82) is 0 Å². The van der Waals surface area contributed by atoms with E-state index in [4.69, 9.17) is 0 Å². The Morgan fingerprint density at radius 1 is 1.07 bits per heavy atom. The van der Waals surface area contributed by atoms with Crippen molar-refractivity contribution in [2.45, 2.75) is 6.92 Å². The third-order valence-corrected chi connectivity index (χ3v) is 4.25. The fourth-order valence-electron chi connectivity index (χ4n) is 2.90. The van der Waals surface area contributed by atoms with Crippen molar-refractivity contribution in [2.24, 2.45) is 0 Å². The smallest absolute Gasteiger partial charge is 0.280 e. The van der Waals surface area contributed by atoms with Crippen LogP contribution in [-0.2, 0) is 0 Å². The van der Waals surface area contributed by atoms with Gasteiger partial charge in [0, 0.05) is 17.1 Å². The van der Waals surface area contributed by atoms with Gasteiger partial charge in [-0.1, -0.05) is 30.3 Å². The predicted molar refractivity (Wildman–Crippen MR) is 104 cm³/mol. The summed E-state index contributed by atoms with van der Waals surface area (Å²) >= 11 is 0. The minimum Gasteiger partial charge on any atom is -0.319 e. The van der Waals surface area contributed by atoms with Crippen LogP contribution in [0.2, 0.25) is 0 Å². The fraction of sp³-hybridized carbons (Fsp3) is 0.0476. The molecule has 0 aliphatic rings. The van der Waals surface area contributed by atoms with Crippen molar-refractivity contribution in [3.8, 4) is 5.69 Å². The monoisotopic (exact) mass is 374 g/mol. The number of carbonyl (C=O) groups is 1. The third-order valence-electron chi connectivity index (χ3n) is 4.25. The number of nitrogens with one attached hydrogen (secondary N) is 1. The number of hydrogen-bond acceptors (Lipinski definition) is 4. The second kappa shape index (κ2) is 7.03. The number of amides is 1. The van der Waals surface area contributed by atoms with Gasteiger partial charge in [-0.2, -0.15) is 5.10 Å². The van der Waals surface area contributed by atoms with Gasteiger partial charge >= 0.3 is 0 Å². The lowest BCUT2D eigenvalue weighted by Gasteiger charge is -2.12. The molecule has 0 aliphatic heterocycles. The van der Waals surface area contributed by atoms with Crippen molar-refractivity contribution >= 4 is 22.5 Å². The molecule has 4 rings (SSSR count). The highest BCUT2D eigenvalue weighted by Crippen LogP contribution is 2.17. The lowest BCUT2D eigenvalue weighted by atomic mass is 10.2. The van der Waals surface area contributed by atoms with Crippen LogP contribution < -0.4 is 10.7 Å². The zero-order valence-electron chi connectivity index (χ0n) is 14.9. The summed E-state index contributed by atoms with van der Waals surface area (Å²) in [5.41, 5.74) is 0.914. The molecule has 0 fully saturated rings. The molecule has 7 heteroatoms. The maximum absolute atomic E-state index is 14.1. The van der Waals surface area contributed by atoms with Crippen LogP contribution in [0.1, 0.15) is 16.2 Å². The van der Waals surface area contributed by atoms with E-state index in [1.807, 2.05) is 24.3 Å². The molecule has 0 unspecified atom stereocenters. The Labute approximate surface area is 159 Å². The van der Waals surface area contributed by atoms with E-state index in [-0.39, 0.29) is 11.4 Å². The molecule has 2 aromatic heterocycles. The predicted octanol–water partition coefficient (Wildman–Crippen LogP) is 3.48. The number of halogens is 1. The molecule has 6 nitrogen and oxygen atoms in total. The standard InChI is InChI=1S/C21H15FN4O2/c1-13-10-19(27)20(25-26(13)18-9-5-3-7-16(18)22)21(28)24-15-11-14-6-2-4-8-17(14)23-12-15/h2-12H,1H3,(H,24,28). The summed E-state index contributed by atoms with van der Waals surface area (Å²) in [7, 11) is 0. The summed E-state index contributed by atoms with van der Waals surface area (Å²) in [6.45, 7) is 1.62. The number of nitrogens with zero attached hydrogens (tertiary/aromatic N) is 3. The summed E-state index contributed by atoms with van der Waals surface area (Å²) in [5, 5.41) is 7.57. The number of benzene rings is 2. The lowest BCUT2D eigenvalue weighted by Crippen LogP contribution is -2.27. The first kappa shape index (κ1) is 17.5. The number of anilines is 1. The van der Waals surface area contributed by atoms with E-state index in [0.29, 0.717) is 11.4 Å². The van der Waals surface area contributed by atoms with Gasteiger partial charge < -0.3 is 5.32 Å². The molecule has 0 saturated heterocycles. The van der Waals surface area contributed by atoms with Gasteiger partial charge in [-0.15, -0.1) is 0 Å². The van der Waals surface area contributed by atoms with Crippen LogP contribution in [-0.4, -0.2) is 20.7 Å². The number of aromatic nitrogens is 3. The van der Waals surface area contributed by atoms with Gasteiger partial charge in [0.2, 0.25) is 5.43 Å². The third kappa shape index (κ3) is 3.25. The summed E-state index contributed by atoms with van der Waals surface area (Å²) in [4.78, 5) is 29.2. The van der Waals surface area contributed by atoms with Crippen molar-refractivity contribution in [3.05, 3.63) is 94.3 Å². The van der Waals surface area contributed by atoms with Crippen molar-refractivity contribution in [3.63, 3.8) is 0 Å². The number of aryl methyl sites for hydroxylation is 1. The molecule has 4 aromatic rings. The van der Waals surface area contributed by atoms with Gasteiger partial charge in [0.05, 0.1) is 17.4 Å². The summed E-state index contributed by atoms with van der Waals surface area (Å²) < 4.78 is 15.4. The molecule has 0 spiro atoms. The highest BCUT2D eigenvalue weighted by atomic mass is 19.1. The zero-order chi connectivity index (χ0) is 19.7. The van der Waals surface area contributed by atoms with Crippen molar-refractivity contribution < 1.29 is 9.18 Å². The second-order valence-corrected chi connectivity index (χ2v) is 6.23. The first-order valence-electron chi connectivity index (χ1n) is 8.55. The molecule has 0 bridgehead atoms. The van der Waals surface area contributed by atoms with Crippen molar-refractivity contribution in [1.82, 2.24) is 14.8 Å². The molecule has 1 amide bonds. The van der Waals surface area contributed by atoms with E-state index in [1.54, 1.807) is 25.1 Å². The Balaban J connectivity index is 1.71. The average Bonchev–Trinajstić information content (AvgIpc) is 2.69. The van der Waals surface area contributed by atoms with Gasteiger partial charge in [-0.3, -0.25) is 14.6 Å². The van der Waals surface area contributed by atoms with Crippen LogP contribution in [0.25, 0.3) is 16.6 Å². The average molecular weight is 374 g/mol. The molecule has 138 valence electrons. The highest BCUT2D eigenvalue weighted by Gasteiger charge is 2.17. The van der Waals surface area contributed by atoms with Crippen LogP contribution in [0.5, 0.6) is 0 Å². The Hall–Kier alpha value is -3.87. The van der Waals surface area contributed by atoms with Gasteiger partial charge in [0.1, 0.15) is 11.5 Å². The molecule has 2 aromatic carbocycles. The lowest BCUT2D eigenvalue weighted by molar-refractivity contribution is 0.101. The van der Waals surface area contributed by atoms with Crippen LogP contribution in [0, 0.1) is 12.7 Å².